The van der Waals surface area contributed by atoms with Crippen LogP contribution in [0.15, 0.2) is 12.1 Å². The molecule has 2 rings (SSSR count). The van der Waals surface area contributed by atoms with Crippen LogP contribution in [0.5, 0.6) is 0 Å². The highest BCUT2D eigenvalue weighted by atomic mass is 16.1. The van der Waals surface area contributed by atoms with Gasteiger partial charge in [0.25, 0.3) is 0 Å². The van der Waals surface area contributed by atoms with Gasteiger partial charge >= 0.3 is 0 Å². The maximum absolute atomic E-state index is 11.1. The van der Waals surface area contributed by atoms with Gasteiger partial charge in [-0.25, -0.2) is 0 Å². The number of aldehydes is 1. The SMILES string of the molecule is Cc1cc2c(cc1C=O)C(C(C)C)C(C)C2(C)C. The van der Waals surface area contributed by atoms with Gasteiger partial charge in [-0.1, -0.05) is 40.7 Å². The zero-order chi connectivity index (χ0) is 13.7. The van der Waals surface area contributed by atoms with Gasteiger partial charge in [-0.05, 0) is 52.8 Å². The predicted molar refractivity (Wildman–Crippen MR) is 76.3 cm³/mol. The Kier molecular flexibility index (Phi) is 3.12. The van der Waals surface area contributed by atoms with E-state index >= 15 is 0 Å². The monoisotopic (exact) mass is 244 g/mol. The minimum atomic E-state index is 0.205. The van der Waals surface area contributed by atoms with Gasteiger partial charge in [-0.15, -0.1) is 0 Å². The number of rotatable bonds is 2. The van der Waals surface area contributed by atoms with E-state index in [0.717, 1.165) is 17.4 Å². The maximum atomic E-state index is 11.1. The van der Waals surface area contributed by atoms with Crippen LogP contribution in [0.4, 0.5) is 0 Å². The fraction of sp³-hybridized carbons (Fsp3) is 0.588. The topological polar surface area (TPSA) is 17.1 Å². The zero-order valence-electron chi connectivity index (χ0n) is 12.4. The molecule has 0 fully saturated rings. The Bertz CT molecular complexity index is 483. The molecule has 1 aromatic rings. The largest absolute Gasteiger partial charge is 0.298 e. The number of hydrogen-bond acceptors (Lipinski definition) is 1. The third kappa shape index (κ3) is 1.72. The lowest BCUT2D eigenvalue weighted by Gasteiger charge is -2.30. The van der Waals surface area contributed by atoms with E-state index in [1.54, 1.807) is 0 Å². The molecule has 0 amide bonds. The molecule has 18 heavy (non-hydrogen) atoms. The second kappa shape index (κ2) is 4.22. The number of benzene rings is 1. The highest BCUT2D eigenvalue weighted by Gasteiger charge is 2.44. The van der Waals surface area contributed by atoms with Gasteiger partial charge in [0.15, 0.2) is 0 Å². The van der Waals surface area contributed by atoms with Crippen molar-refractivity contribution in [3.8, 4) is 0 Å². The van der Waals surface area contributed by atoms with Crippen molar-refractivity contribution in [3.05, 3.63) is 34.4 Å². The van der Waals surface area contributed by atoms with Crippen molar-refractivity contribution in [2.45, 2.75) is 52.9 Å². The minimum Gasteiger partial charge on any atom is -0.298 e. The molecule has 0 saturated heterocycles. The number of hydrogen-bond donors (Lipinski definition) is 0. The Labute approximate surface area is 111 Å². The van der Waals surface area contributed by atoms with Crippen LogP contribution in [0.25, 0.3) is 0 Å². The summed E-state index contributed by atoms with van der Waals surface area (Å²) >= 11 is 0. The molecule has 1 aliphatic rings. The molecule has 0 bridgehead atoms. The Hall–Kier alpha value is -1.11. The highest BCUT2D eigenvalue weighted by Crippen LogP contribution is 2.53. The fourth-order valence-electron chi connectivity index (χ4n) is 3.60. The predicted octanol–water partition coefficient (Wildman–Crippen LogP) is 4.47. The van der Waals surface area contributed by atoms with Crippen molar-refractivity contribution in [1.29, 1.82) is 0 Å². The number of carbonyl (C=O) groups is 1. The van der Waals surface area contributed by atoms with E-state index in [0.29, 0.717) is 17.8 Å². The normalized spacial score (nSPS) is 25.3. The first-order valence-electron chi connectivity index (χ1n) is 6.91. The van der Waals surface area contributed by atoms with E-state index in [9.17, 15) is 4.79 Å². The van der Waals surface area contributed by atoms with Crippen LogP contribution in [0.3, 0.4) is 0 Å². The van der Waals surface area contributed by atoms with Crippen molar-refractivity contribution in [2.24, 2.45) is 11.8 Å². The van der Waals surface area contributed by atoms with Crippen LogP contribution in [0, 0.1) is 18.8 Å². The van der Waals surface area contributed by atoms with Gasteiger partial charge < -0.3 is 0 Å². The molecule has 0 radical (unpaired) electrons. The Morgan fingerprint density at radius 3 is 2.39 bits per heavy atom. The lowest BCUT2D eigenvalue weighted by Crippen LogP contribution is -2.25. The average Bonchev–Trinajstić information content (AvgIpc) is 2.47. The van der Waals surface area contributed by atoms with E-state index < -0.39 is 0 Å². The van der Waals surface area contributed by atoms with Crippen molar-refractivity contribution in [1.82, 2.24) is 0 Å². The molecule has 1 nitrogen and oxygen atoms in total. The summed E-state index contributed by atoms with van der Waals surface area (Å²) in [6.07, 6.45) is 0.989. The van der Waals surface area contributed by atoms with Gasteiger partial charge in [0, 0.05) is 5.56 Å². The third-order valence-corrected chi connectivity index (χ3v) is 5.01. The molecule has 0 heterocycles. The summed E-state index contributed by atoms with van der Waals surface area (Å²) < 4.78 is 0. The molecule has 98 valence electrons. The average molecular weight is 244 g/mol. The smallest absolute Gasteiger partial charge is 0.150 e. The first-order valence-corrected chi connectivity index (χ1v) is 6.91. The summed E-state index contributed by atoms with van der Waals surface area (Å²) in [5.41, 5.74) is 5.00. The second-order valence-corrected chi connectivity index (χ2v) is 6.69. The summed E-state index contributed by atoms with van der Waals surface area (Å²) in [6.45, 7) is 13.6. The first-order chi connectivity index (χ1) is 8.30. The zero-order valence-corrected chi connectivity index (χ0v) is 12.4. The first kappa shape index (κ1) is 13.3. The molecule has 0 saturated carbocycles. The molecule has 0 aromatic heterocycles. The van der Waals surface area contributed by atoms with Crippen LogP contribution in [-0.2, 0) is 5.41 Å². The lowest BCUT2D eigenvalue weighted by atomic mass is 9.74. The molecular formula is C17H24O. The van der Waals surface area contributed by atoms with E-state index in [1.807, 2.05) is 6.92 Å². The van der Waals surface area contributed by atoms with E-state index in [1.165, 1.54) is 11.1 Å². The third-order valence-electron chi connectivity index (χ3n) is 5.01. The molecule has 0 aliphatic heterocycles. The van der Waals surface area contributed by atoms with E-state index in [4.69, 9.17) is 0 Å². The van der Waals surface area contributed by atoms with Crippen LogP contribution < -0.4 is 0 Å². The van der Waals surface area contributed by atoms with Crippen molar-refractivity contribution >= 4 is 6.29 Å². The molecule has 0 spiro atoms. The van der Waals surface area contributed by atoms with Gasteiger partial charge in [-0.2, -0.15) is 0 Å². The van der Waals surface area contributed by atoms with Crippen LogP contribution in [0.1, 0.15) is 67.6 Å². The lowest BCUT2D eigenvalue weighted by molar-refractivity contribution is 0.112. The molecule has 1 heteroatoms. The Morgan fingerprint density at radius 2 is 1.89 bits per heavy atom. The van der Waals surface area contributed by atoms with Crippen molar-refractivity contribution in [2.75, 3.05) is 0 Å². The van der Waals surface area contributed by atoms with Gasteiger partial charge in [0.1, 0.15) is 6.29 Å². The summed E-state index contributed by atoms with van der Waals surface area (Å²) in [7, 11) is 0. The summed E-state index contributed by atoms with van der Waals surface area (Å²) in [5.74, 6) is 1.80. The summed E-state index contributed by atoms with van der Waals surface area (Å²) in [6, 6.07) is 4.37. The van der Waals surface area contributed by atoms with Gasteiger partial charge in [-0.3, -0.25) is 4.79 Å². The standard InChI is InChI=1S/C17H24O/c1-10(2)16-12(4)17(5,6)15-7-11(3)13(9-18)8-14(15)16/h7-10,12,16H,1-6H3. The van der Waals surface area contributed by atoms with Gasteiger partial charge in [0.05, 0.1) is 0 Å². The molecule has 2 unspecified atom stereocenters. The number of carbonyl (C=O) groups excluding carboxylic acids is 1. The second-order valence-electron chi connectivity index (χ2n) is 6.69. The van der Waals surface area contributed by atoms with Crippen LogP contribution in [0.2, 0.25) is 0 Å². The maximum Gasteiger partial charge on any atom is 0.150 e. The van der Waals surface area contributed by atoms with Crippen molar-refractivity contribution < 1.29 is 4.79 Å². The van der Waals surface area contributed by atoms with Gasteiger partial charge in [0.2, 0.25) is 0 Å². The van der Waals surface area contributed by atoms with E-state index in [-0.39, 0.29) is 5.41 Å². The number of aryl methyl sites for hydroxylation is 1. The van der Waals surface area contributed by atoms with E-state index in [2.05, 4.69) is 46.8 Å². The Balaban J connectivity index is 2.68. The quantitative estimate of drug-likeness (QED) is 0.701. The minimum absolute atomic E-state index is 0.205. The fourth-order valence-corrected chi connectivity index (χ4v) is 3.60. The molecule has 1 aromatic carbocycles. The van der Waals surface area contributed by atoms with Crippen molar-refractivity contribution in [3.63, 3.8) is 0 Å². The highest BCUT2D eigenvalue weighted by molar-refractivity contribution is 5.78. The molecule has 1 aliphatic carbocycles. The molecule has 2 atom stereocenters. The molecular weight excluding hydrogens is 220 g/mol. The summed E-state index contributed by atoms with van der Waals surface area (Å²) in [4.78, 5) is 11.1. The Morgan fingerprint density at radius 1 is 1.28 bits per heavy atom. The van der Waals surface area contributed by atoms with Crippen LogP contribution in [-0.4, -0.2) is 6.29 Å². The molecule has 0 N–H and O–H groups in total. The summed E-state index contributed by atoms with van der Waals surface area (Å²) in [5, 5.41) is 0. The van der Waals surface area contributed by atoms with Crippen LogP contribution >= 0.6 is 0 Å². The number of fused-ring (bicyclic) bond motifs is 1.